The predicted molar refractivity (Wildman–Crippen MR) is 102 cm³/mol. The lowest BCUT2D eigenvalue weighted by Crippen LogP contribution is -2.05. The first-order valence-electron chi connectivity index (χ1n) is 8.88. The van der Waals surface area contributed by atoms with E-state index >= 15 is 0 Å². The number of thioether (sulfide) groups is 1. The van der Waals surface area contributed by atoms with Gasteiger partial charge in [0.15, 0.2) is 5.65 Å². The average molecular weight is 402 g/mol. The Bertz CT molecular complexity index is 1110. The Morgan fingerprint density at radius 1 is 1.29 bits per heavy atom. The highest BCUT2D eigenvalue weighted by molar-refractivity contribution is 7.99. The minimum absolute atomic E-state index is 0.208. The van der Waals surface area contributed by atoms with Crippen LogP contribution in [0.2, 0.25) is 0 Å². The highest BCUT2D eigenvalue weighted by Crippen LogP contribution is 2.49. The summed E-state index contributed by atoms with van der Waals surface area (Å²) in [6, 6.07) is 9.30. The van der Waals surface area contributed by atoms with Crippen LogP contribution in [0.25, 0.3) is 22.6 Å². The van der Waals surface area contributed by atoms with Crippen LogP contribution in [0.4, 0.5) is 13.2 Å². The van der Waals surface area contributed by atoms with Gasteiger partial charge in [-0.3, -0.25) is 0 Å². The fraction of sp³-hybridized carbons (Fsp3) is 0.350. The summed E-state index contributed by atoms with van der Waals surface area (Å²) in [4.78, 5) is 9.40. The number of aromatic nitrogens is 3. The van der Waals surface area contributed by atoms with Crippen molar-refractivity contribution in [1.82, 2.24) is 14.5 Å². The maximum absolute atomic E-state index is 13.0. The molecule has 1 aromatic carbocycles. The molecule has 0 bridgehead atoms. The second-order valence-corrected chi connectivity index (χ2v) is 8.20. The molecule has 4 rings (SSSR count). The van der Waals surface area contributed by atoms with E-state index in [-0.39, 0.29) is 5.52 Å². The van der Waals surface area contributed by atoms with Crippen molar-refractivity contribution < 1.29 is 13.2 Å². The Kier molecular flexibility index (Phi) is 4.38. The van der Waals surface area contributed by atoms with E-state index < -0.39 is 17.2 Å². The van der Waals surface area contributed by atoms with Crippen LogP contribution in [0.3, 0.4) is 0 Å². The van der Waals surface area contributed by atoms with Crippen LogP contribution in [-0.4, -0.2) is 20.3 Å². The van der Waals surface area contributed by atoms with Gasteiger partial charge >= 0.3 is 6.18 Å². The average Bonchev–Trinajstić information content (AvgIpc) is 3.40. The Balaban J connectivity index is 1.85. The number of fused-ring (bicyclic) bond motifs is 1. The van der Waals surface area contributed by atoms with Gasteiger partial charge in [0.2, 0.25) is 0 Å². The van der Waals surface area contributed by atoms with Crippen molar-refractivity contribution in [2.45, 2.75) is 36.3 Å². The number of aryl methyl sites for hydroxylation is 1. The molecule has 1 aliphatic carbocycles. The van der Waals surface area contributed by atoms with Gasteiger partial charge in [-0.15, -0.1) is 11.8 Å². The molecule has 2 aromatic heterocycles. The van der Waals surface area contributed by atoms with Crippen molar-refractivity contribution in [3.05, 3.63) is 41.6 Å². The summed E-state index contributed by atoms with van der Waals surface area (Å²) in [7, 11) is 1.75. The summed E-state index contributed by atoms with van der Waals surface area (Å²) in [5.41, 5.74) is 1.23. The minimum atomic E-state index is -4.46. The highest BCUT2D eigenvalue weighted by Gasteiger charge is 2.45. The van der Waals surface area contributed by atoms with Crippen molar-refractivity contribution >= 4 is 22.9 Å². The van der Waals surface area contributed by atoms with Crippen LogP contribution in [0.1, 0.15) is 30.9 Å². The fourth-order valence-corrected chi connectivity index (χ4v) is 4.18. The minimum Gasteiger partial charge on any atom is -0.312 e. The standard InChI is InChI=1S/C20H17F3N4S/c1-3-28-16-9-12(19(11-24)6-7-19)4-5-14(16)17-26-15-8-13(20(21,22)23)10-25-18(15)27(17)2/h4-5,8-10H,3,6-7H2,1-2H3. The Morgan fingerprint density at radius 2 is 2.04 bits per heavy atom. The normalized spacial score (nSPS) is 15.6. The number of halogens is 3. The van der Waals surface area contributed by atoms with E-state index in [1.165, 1.54) is 0 Å². The van der Waals surface area contributed by atoms with Crippen LogP contribution >= 0.6 is 11.8 Å². The molecule has 28 heavy (non-hydrogen) atoms. The van der Waals surface area contributed by atoms with E-state index in [0.717, 1.165) is 46.9 Å². The van der Waals surface area contributed by atoms with E-state index in [4.69, 9.17) is 0 Å². The lowest BCUT2D eigenvalue weighted by Gasteiger charge is -2.13. The molecule has 0 aliphatic heterocycles. The summed E-state index contributed by atoms with van der Waals surface area (Å²) >= 11 is 1.63. The number of hydrogen-bond donors (Lipinski definition) is 0. The first kappa shape index (κ1) is 18.8. The summed E-state index contributed by atoms with van der Waals surface area (Å²) in [6.07, 6.45) is -1.91. The van der Waals surface area contributed by atoms with E-state index in [2.05, 4.69) is 16.0 Å². The lowest BCUT2D eigenvalue weighted by molar-refractivity contribution is -0.137. The molecule has 0 N–H and O–H groups in total. The van der Waals surface area contributed by atoms with Gasteiger partial charge < -0.3 is 4.57 Å². The zero-order valence-corrected chi connectivity index (χ0v) is 16.2. The van der Waals surface area contributed by atoms with Crippen LogP contribution in [-0.2, 0) is 18.6 Å². The van der Waals surface area contributed by atoms with Crippen LogP contribution < -0.4 is 0 Å². The fourth-order valence-electron chi connectivity index (χ4n) is 3.34. The number of nitrogens with zero attached hydrogens (tertiary/aromatic N) is 4. The molecule has 0 unspecified atom stereocenters. The van der Waals surface area contributed by atoms with Gasteiger partial charge in [0.25, 0.3) is 0 Å². The molecule has 0 radical (unpaired) electrons. The first-order valence-corrected chi connectivity index (χ1v) is 9.86. The largest absolute Gasteiger partial charge is 0.417 e. The third kappa shape index (κ3) is 3.04. The van der Waals surface area contributed by atoms with Crippen LogP contribution in [0.5, 0.6) is 0 Å². The van der Waals surface area contributed by atoms with Crippen molar-refractivity contribution in [1.29, 1.82) is 5.26 Å². The number of rotatable bonds is 4. The number of benzene rings is 1. The van der Waals surface area contributed by atoms with E-state index in [9.17, 15) is 18.4 Å². The van der Waals surface area contributed by atoms with E-state index in [1.807, 2.05) is 25.1 Å². The number of imidazole rings is 1. The predicted octanol–water partition coefficient (Wildman–Crippen LogP) is 5.32. The molecule has 4 nitrogen and oxygen atoms in total. The van der Waals surface area contributed by atoms with Crippen molar-refractivity contribution in [2.75, 3.05) is 5.75 Å². The summed E-state index contributed by atoms with van der Waals surface area (Å²) < 4.78 is 40.7. The Morgan fingerprint density at radius 3 is 2.64 bits per heavy atom. The van der Waals surface area contributed by atoms with Gasteiger partial charge in [-0.1, -0.05) is 13.0 Å². The maximum Gasteiger partial charge on any atom is 0.417 e. The Hall–Kier alpha value is -2.53. The zero-order valence-electron chi connectivity index (χ0n) is 15.3. The molecule has 1 saturated carbocycles. The molecule has 0 saturated heterocycles. The molecule has 0 spiro atoms. The molecule has 8 heteroatoms. The molecule has 0 amide bonds. The number of alkyl halides is 3. The van der Waals surface area contributed by atoms with Gasteiger partial charge in [-0.25, -0.2) is 9.97 Å². The second-order valence-electron chi connectivity index (χ2n) is 6.90. The van der Waals surface area contributed by atoms with E-state index in [0.29, 0.717) is 11.5 Å². The van der Waals surface area contributed by atoms with E-state index in [1.54, 1.807) is 23.4 Å². The van der Waals surface area contributed by atoms with Crippen LogP contribution in [0.15, 0.2) is 35.4 Å². The molecule has 1 aliphatic rings. The van der Waals surface area contributed by atoms with Gasteiger partial charge in [0, 0.05) is 23.7 Å². The van der Waals surface area contributed by atoms with Gasteiger partial charge in [0.1, 0.15) is 11.3 Å². The molecule has 0 atom stereocenters. The maximum atomic E-state index is 13.0. The number of nitriles is 1. The molecule has 3 aromatic rings. The van der Waals surface area contributed by atoms with Crippen molar-refractivity contribution in [2.24, 2.45) is 7.05 Å². The van der Waals surface area contributed by atoms with Crippen molar-refractivity contribution in [3.8, 4) is 17.5 Å². The molecular formula is C20H17F3N4S. The quantitative estimate of drug-likeness (QED) is 0.554. The third-order valence-electron chi connectivity index (χ3n) is 5.08. The number of pyridine rings is 1. The molecule has 144 valence electrons. The number of hydrogen-bond acceptors (Lipinski definition) is 4. The second kappa shape index (κ2) is 6.52. The first-order chi connectivity index (χ1) is 13.3. The SMILES string of the molecule is CCSc1cc(C2(C#N)CC2)ccc1-c1nc2cc(C(F)(F)F)cnc2n1C. The zero-order chi connectivity index (χ0) is 20.1. The monoisotopic (exact) mass is 402 g/mol. The smallest absolute Gasteiger partial charge is 0.312 e. The van der Waals surface area contributed by atoms with Crippen LogP contribution in [0, 0.1) is 11.3 Å². The highest BCUT2D eigenvalue weighted by atomic mass is 32.2. The lowest BCUT2D eigenvalue weighted by atomic mass is 9.96. The molecule has 2 heterocycles. The van der Waals surface area contributed by atoms with Gasteiger partial charge in [-0.2, -0.15) is 18.4 Å². The summed E-state index contributed by atoms with van der Waals surface area (Å²) in [5.74, 6) is 1.39. The topological polar surface area (TPSA) is 54.5 Å². The Labute approximate surface area is 164 Å². The summed E-state index contributed by atoms with van der Waals surface area (Å²) in [5, 5.41) is 9.47. The molecular weight excluding hydrogens is 385 g/mol. The molecule has 1 fully saturated rings. The third-order valence-corrected chi connectivity index (χ3v) is 6.01. The van der Waals surface area contributed by atoms with Gasteiger partial charge in [-0.05, 0) is 42.4 Å². The van der Waals surface area contributed by atoms with Crippen molar-refractivity contribution in [3.63, 3.8) is 0 Å². The summed E-state index contributed by atoms with van der Waals surface area (Å²) in [6.45, 7) is 2.03. The van der Waals surface area contributed by atoms with Gasteiger partial charge in [0.05, 0.1) is 17.0 Å².